The summed E-state index contributed by atoms with van der Waals surface area (Å²) in [6.45, 7) is 7.27. The Kier molecular flexibility index (Phi) is 12.1. The van der Waals surface area contributed by atoms with Gasteiger partial charge in [0, 0.05) is 45.9 Å². The topological polar surface area (TPSA) is 126 Å². The van der Waals surface area contributed by atoms with E-state index < -0.39 is 12.1 Å². The molecule has 9 nitrogen and oxygen atoms in total. The average molecular weight is 479 g/mol. The van der Waals surface area contributed by atoms with Gasteiger partial charge in [-0.05, 0) is 49.7 Å². The van der Waals surface area contributed by atoms with Gasteiger partial charge < -0.3 is 35.8 Å². The van der Waals surface area contributed by atoms with Gasteiger partial charge in [-0.15, -0.1) is 0 Å². The van der Waals surface area contributed by atoms with Crippen molar-refractivity contribution in [2.75, 3.05) is 46.5 Å². The van der Waals surface area contributed by atoms with Crippen molar-refractivity contribution in [3.63, 3.8) is 0 Å². The largest absolute Gasteiger partial charge is 0.493 e. The van der Waals surface area contributed by atoms with Gasteiger partial charge in [-0.3, -0.25) is 4.79 Å². The summed E-state index contributed by atoms with van der Waals surface area (Å²) in [5, 5.41) is 16.4. The van der Waals surface area contributed by atoms with Gasteiger partial charge in [0.2, 0.25) is 0 Å². The van der Waals surface area contributed by atoms with Crippen LogP contribution in [0, 0.1) is 11.8 Å². The maximum atomic E-state index is 12.9. The van der Waals surface area contributed by atoms with Crippen molar-refractivity contribution in [1.29, 1.82) is 0 Å². The summed E-state index contributed by atoms with van der Waals surface area (Å²) in [6, 6.07) is 6.56. The lowest BCUT2D eigenvalue weighted by Crippen LogP contribution is -2.52. The Morgan fingerprint density at radius 3 is 2.71 bits per heavy atom. The van der Waals surface area contributed by atoms with Gasteiger partial charge in [0.05, 0.1) is 18.3 Å². The molecule has 1 saturated heterocycles. The van der Waals surface area contributed by atoms with Crippen LogP contribution in [0.4, 0.5) is 4.79 Å². The van der Waals surface area contributed by atoms with E-state index in [-0.39, 0.29) is 30.3 Å². The molecule has 34 heavy (non-hydrogen) atoms. The number of nitrogens with one attached hydrogen (secondary N) is 2. The molecule has 1 fully saturated rings. The molecule has 0 bridgehead atoms. The van der Waals surface area contributed by atoms with Crippen molar-refractivity contribution in [2.45, 2.75) is 51.7 Å². The Balaban J connectivity index is 1.87. The summed E-state index contributed by atoms with van der Waals surface area (Å²) in [5.41, 5.74) is 6.80. The molecule has 0 radical (unpaired) electrons. The van der Waals surface area contributed by atoms with E-state index in [1.54, 1.807) is 24.1 Å². The molecule has 5 N–H and O–H groups in total. The molecule has 1 heterocycles. The first kappa shape index (κ1) is 27.9. The number of urea groups is 1. The molecule has 1 aromatic rings. The fraction of sp³-hybridized carbons (Fsp3) is 0.680. The highest BCUT2D eigenvalue weighted by Gasteiger charge is 2.27. The van der Waals surface area contributed by atoms with Crippen LogP contribution in [0.2, 0.25) is 0 Å². The number of nitrogens with zero attached hydrogens (tertiary/aromatic N) is 1. The van der Waals surface area contributed by atoms with Gasteiger partial charge >= 0.3 is 6.03 Å². The number of carbonyl (C=O) groups excluding carboxylic acids is 2. The highest BCUT2D eigenvalue weighted by Crippen LogP contribution is 2.21. The molecule has 0 spiro atoms. The number of hydrogen-bond donors (Lipinski definition) is 4. The monoisotopic (exact) mass is 478 g/mol. The number of amides is 3. The molecule has 1 aromatic carbocycles. The number of methoxy groups -OCH3 is 1. The van der Waals surface area contributed by atoms with Crippen molar-refractivity contribution in [3.05, 3.63) is 29.8 Å². The van der Waals surface area contributed by atoms with Crippen LogP contribution >= 0.6 is 0 Å². The first-order chi connectivity index (χ1) is 16.3. The molecule has 192 valence electrons. The Hall–Kier alpha value is -2.36. The van der Waals surface area contributed by atoms with Crippen LogP contribution < -0.4 is 21.1 Å². The van der Waals surface area contributed by atoms with Gasteiger partial charge in [-0.2, -0.15) is 0 Å². The number of ether oxygens (including phenoxy) is 2. The molecule has 1 aliphatic rings. The molecule has 0 aromatic heterocycles. The highest BCUT2D eigenvalue weighted by atomic mass is 16.5. The lowest BCUT2D eigenvalue weighted by molar-refractivity contribution is 0.0827. The first-order valence-electron chi connectivity index (χ1n) is 12.3. The standard InChI is InChI=1S/C25H42N4O5/c1-18(2)19(15-21(26)22(30)17-29-12-8-11-27-25(29)32)16-28-24(31)20-9-4-5-10-23(20)34-14-7-6-13-33-3/h4-5,9-10,18-19,21-22,30H,6-8,11-17,26H2,1-3H3,(H,27,32)(H,28,31)/t19-,21+,22+/m1/s1. The summed E-state index contributed by atoms with van der Waals surface area (Å²) in [7, 11) is 1.67. The van der Waals surface area contributed by atoms with E-state index in [4.69, 9.17) is 15.2 Å². The quantitative estimate of drug-likeness (QED) is 0.286. The van der Waals surface area contributed by atoms with E-state index in [1.807, 2.05) is 12.1 Å². The van der Waals surface area contributed by atoms with Crippen LogP contribution in [0.25, 0.3) is 0 Å². The highest BCUT2D eigenvalue weighted by molar-refractivity contribution is 5.96. The molecule has 2 rings (SSSR count). The number of aliphatic hydroxyl groups excluding tert-OH is 1. The van der Waals surface area contributed by atoms with Crippen molar-refractivity contribution in [2.24, 2.45) is 17.6 Å². The Morgan fingerprint density at radius 1 is 1.26 bits per heavy atom. The maximum Gasteiger partial charge on any atom is 0.317 e. The Bertz CT molecular complexity index is 761. The van der Waals surface area contributed by atoms with E-state index in [0.29, 0.717) is 50.6 Å². The molecule has 0 unspecified atom stereocenters. The van der Waals surface area contributed by atoms with E-state index in [2.05, 4.69) is 24.5 Å². The fourth-order valence-corrected chi connectivity index (χ4v) is 3.94. The van der Waals surface area contributed by atoms with Crippen LogP contribution in [0.3, 0.4) is 0 Å². The van der Waals surface area contributed by atoms with E-state index in [1.165, 1.54) is 0 Å². The van der Waals surface area contributed by atoms with E-state index >= 15 is 0 Å². The molecule has 9 heteroatoms. The zero-order chi connectivity index (χ0) is 24.9. The number of β-amino-alcohol motifs (C(OH)–C–C–N with tert-alkyl or cyclic N) is 1. The minimum Gasteiger partial charge on any atom is -0.493 e. The second kappa shape index (κ2) is 14.8. The van der Waals surface area contributed by atoms with Crippen LogP contribution in [0.1, 0.15) is 49.9 Å². The number of hydrogen-bond acceptors (Lipinski definition) is 6. The molecule has 0 aliphatic carbocycles. The SMILES string of the molecule is COCCCCOc1ccccc1C(=O)NC[C@@H](C[C@H](N)[C@@H](O)CN1CCCNC1=O)C(C)C. The lowest BCUT2D eigenvalue weighted by atomic mass is 9.87. The molecular weight excluding hydrogens is 436 g/mol. The smallest absolute Gasteiger partial charge is 0.317 e. The van der Waals surface area contributed by atoms with Crippen LogP contribution in [-0.2, 0) is 4.74 Å². The minimum absolute atomic E-state index is 0.0749. The van der Waals surface area contributed by atoms with Crippen molar-refractivity contribution >= 4 is 11.9 Å². The van der Waals surface area contributed by atoms with Gasteiger partial charge in [-0.1, -0.05) is 26.0 Å². The average Bonchev–Trinajstić information content (AvgIpc) is 2.82. The fourth-order valence-electron chi connectivity index (χ4n) is 3.94. The van der Waals surface area contributed by atoms with Gasteiger partial charge in [0.25, 0.3) is 5.91 Å². The van der Waals surface area contributed by atoms with E-state index in [9.17, 15) is 14.7 Å². The van der Waals surface area contributed by atoms with Gasteiger partial charge in [-0.25, -0.2) is 4.79 Å². The number of benzene rings is 1. The second-order valence-corrected chi connectivity index (χ2v) is 9.26. The number of rotatable bonds is 15. The molecule has 1 aliphatic heterocycles. The molecular formula is C25H42N4O5. The number of aliphatic hydroxyl groups is 1. The third kappa shape index (κ3) is 9.12. The van der Waals surface area contributed by atoms with Crippen molar-refractivity contribution in [3.8, 4) is 5.75 Å². The van der Waals surface area contributed by atoms with Gasteiger partial charge in [0.1, 0.15) is 5.75 Å². The van der Waals surface area contributed by atoms with Crippen LogP contribution in [0.15, 0.2) is 24.3 Å². The maximum absolute atomic E-state index is 12.9. The number of unbranched alkanes of at least 4 members (excludes halogenated alkanes) is 1. The normalized spacial score (nSPS) is 16.6. The lowest BCUT2D eigenvalue weighted by Gasteiger charge is -2.32. The minimum atomic E-state index is -0.826. The third-order valence-corrected chi connectivity index (χ3v) is 6.24. The molecule has 3 amide bonds. The molecule has 3 atom stereocenters. The number of para-hydroxylation sites is 1. The molecule has 0 saturated carbocycles. The summed E-state index contributed by atoms with van der Waals surface area (Å²) >= 11 is 0. The second-order valence-electron chi connectivity index (χ2n) is 9.26. The van der Waals surface area contributed by atoms with E-state index in [0.717, 1.165) is 19.3 Å². The zero-order valence-corrected chi connectivity index (χ0v) is 20.8. The summed E-state index contributed by atoms with van der Waals surface area (Å²) in [6.07, 6.45) is 2.31. The predicted octanol–water partition coefficient (Wildman–Crippen LogP) is 1.99. The summed E-state index contributed by atoms with van der Waals surface area (Å²) < 4.78 is 10.9. The number of nitrogens with two attached hydrogens (primary N) is 1. The Morgan fingerprint density at radius 2 is 2.00 bits per heavy atom. The van der Waals surface area contributed by atoms with Crippen LogP contribution in [-0.4, -0.2) is 80.6 Å². The first-order valence-corrected chi connectivity index (χ1v) is 12.3. The third-order valence-electron chi connectivity index (χ3n) is 6.24. The Labute approximate surface area is 203 Å². The number of carbonyl (C=O) groups is 2. The summed E-state index contributed by atoms with van der Waals surface area (Å²) in [4.78, 5) is 26.4. The van der Waals surface area contributed by atoms with Gasteiger partial charge in [0.15, 0.2) is 0 Å². The summed E-state index contributed by atoms with van der Waals surface area (Å²) in [5.74, 6) is 0.692. The van der Waals surface area contributed by atoms with Crippen molar-refractivity contribution < 1.29 is 24.2 Å². The van der Waals surface area contributed by atoms with Crippen molar-refractivity contribution in [1.82, 2.24) is 15.5 Å². The predicted molar refractivity (Wildman–Crippen MR) is 132 cm³/mol. The zero-order valence-electron chi connectivity index (χ0n) is 20.8. The van der Waals surface area contributed by atoms with Crippen LogP contribution in [0.5, 0.6) is 5.75 Å².